The van der Waals surface area contributed by atoms with E-state index in [1.54, 1.807) is 6.26 Å². The summed E-state index contributed by atoms with van der Waals surface area (Å²) >= 11 is 0. The minimum absolute atomic E-state index is 0.303. The summed E-state index contributed by atoms with van der Waals surface area (Å²) in [5.74, 6) is 1.02. The lowest BCUT2D eigenvalue weighted by atomic mass is 10.2. The van der Waals surface area contributed by atoms with E-state index in [1.165, 1.54) is 5.56 Å². The van der Waals surface area contributed by atoms with Crippen molar-refractivity contribution in [1.29, 1.82) is 0 Å². The molecular weight excluding hydrogens is 216 g/mol. The summed E-state index contributed by atoms with van der Waals surface area (Å²) in [5.41, 5.74) is 1.24. The Hall–Kier alpha value is -0.840. The standard InChI is InChI=1S/C13H24N2O2/c1-11(2)16-8-6-15(4)10-12-5-7-17-13(12)9-14-3/h5,7,11,14H,6,8-10H2,1-4H3. The molecule has 0 spiro atoms. The van der Waals surface area contributed by atoms with Gasteiger partial charge in [0.2, 0.25) is 0 Å². The first-order valence-corrected chi connectivity index (χ1v) is 6.13. The van der Waals surface area contributed by atoms with Crippen LogP contribution in [0, 0.1) is 0 Å². The van der Waals surface area contributed by atoms with Crippen molar-refractivity contribution < 1.29 is 9.15 Å². The maximum atomic E-state index is 5.53. The first kappa shape index (κ1) is 14.2. The van der Waals surface area contributed by atoms with Crippen molar-refractivity contribution in [2.45, 2.75) is 33.0 Å². The molecule has 1 aromatic rings. The van der Waals surface area contributed by atoms with Gasteiger partial charge in [-0.05, 0) is 34.0 Å². The Kier molecular flexibility index (Phi) is 6.26. The van der Waals surface area contributed by atoms with Gasteiger partial charge >= 0.3 is 0 Å². The molecule has 0 aromatic carbocycles. The summed E-state index contributed by atoms with van der Waals surface area (Å²) < 4.78 is 11.0. The number of hydrogen-bond acceptors (Lipinski definition) is 4. The SMILES string of the molecule is CNCc1occc1CN(C)CCOC(C)C. The number of hydrogen-bond donors (Lipinski definition) is 1. The van der Waals surface area contributed by atoms with Gasteiger partial charge in [0.25, 0.3) is 0 Å². The Morgan fingerprint density at radius 3 is 2.88 bits per heavy atom. The van der Waals surface area contributed by atoms with Crippen LogP contribution in [0.4, 0.5) is 0 Å². The van der Waals surface area contributed by atoms with E-state index in [4.69, 9.17) is 9.15 Å². The third-order valence-electron chi connectivity index (χ3n) is 2.54. The quantitative estimate of drug-likeness (QED) is 0.752. The first-order valence-electron chi connectivity index (χ1n) is 6.13. The molecule has 0 atom stereocenters. The van der Waals surface area contributed by atoms with Crippen LogP contribution in [0.1, 0.15) is 25.2 Å². The van der Waals surface area contributed by atoms with Gasteiger partial charge in [-0.3, -0.25) is 4.90 Å². The second-order valence-electron chi connectivity index (χ2n) is 4.56. The van der Waals surface area contributed by atoms with E-state index in [0.29, 0.717) is 6.10 Å². The Morgan fingerprint density at radius 1 is 1.47 bits per heavy atom. The minimum Gasteiger partial charge on any atom is -0.468 e. The topological polar surface area (TPSA) is 37.6 Å². The smallest absolute Gasteiger partial charge is 0.122 e. The third-order valence-corrected chi connectivity index (χ3v) is 2.54. The molecule has 98 valence electrons. The summed E-state index contributed by atoms with van der Waals surface area (Å²) in [6.07, 6.45) is 2.05. The van der Waals surface area contributed by atoms with E-state index in [2.05, 4.69) is 31.1 Å². The average molecular weight is 240 g/mol. The molecule has 0 aliphatic rings. The van der Waals surface area contributed by atoms with E-state index >= 15 is 0 Å². The van der Waals surface area contributed by atoms with Crippen LogP contribution in [-0.2, 0) is 17.8 Å². The molecule has 0 saturated heterocycles. The Balaban J connectivity index is 2.34. The molecule has 0 radical (unpaired) electrons. The molecule has 4 nitrogen and oxygen atoms in total. The number of furan rings is 1. The van der Waals surface area contributed by atoms with E-state index in [1.807, 2.05) is 13.1 Å². The third kappa shape index (κ3) is 5.35. The molecule has 0 bridgehead atoms. The number of rotatable bonds is 8. The second-order valence-corrected chi connectivity index (χ2v) is 4.56. The highest BCUT2D eigenvalue weighted by molar-refractivity contribution is 5.16. The van der Waals surface area contributed by atoms with Crippen molar-refractivity contribution in [2.75, 3.05) is 27.2 Å². The van der Waals surface area contributed by atoms with Crippen LogP contribution in [0.3, 0.4) is 0 Å². The zero-order valence-electron chi connectivity index (χ0n) is 11.3. The van der Waals surface area contributed by atoms with Crippen molar-refractivity contribution in [1.82, 2.24) is 10.2 Å². The Morgan fingerprint density at radius 2 is 2.24 bits per heavy atom. The molecule has 4 heteroatoms. The molecule has 0 unspecified atom stereocenters. The highest BCUT2D eigenvalue weighted by atomic mass is 16.5. The maximum absolute atomic E-state index is 5.53. The minimum atomic E-state index is 0.303. The summed E-state index contributed by atoms with van der Waals surface area (Å²) in [7, 11) is 4.02. The van der Waals surface area contributed by atoms with Gasteiger partial charge in [0.05, 0.1) is 25.5 Å². The first-order chi connectivity index (χ1) is 8.13. The van der Waals surface area contributed by atoms with Gasteiger partial charge < -0.3 is 14.5 Å². The fourth-order valence-electron chi connectivity index (χ4n) is 1.64. The highest BCUT2D eigenvalue weighted by Crippen LogP contribution is 2.12. The van der Waals surface area contributed by atoms with Crippen LogP contribution in [-0.4, -0.2) is 38.3 Å². The van der Waals surface area contributed by atoms with Gasteiger partial charge in [-0.1, -0.05) is 0 Å². The van der Waals surface area contributed by atoms with E-state index < -0.39 is 0 Å². The van der Waals surface area contributed by atoms with E-state index in [9.17, 15) is 0 Å². The fourth-order valence-corrected chi connectivity index (χ4v) is 1.64. The van der Waals surface area contributed by atoms with Gasteiger partial charge in [-0.15, -0.1) is 0 Å². The van der Waals surface area contributed by atoms with Crippen molar-refractivity contribution >= 4 is 0 Å². The lowest BCUT2D eigenvalue weighted by Gasteiger charge is -2.17. The van der Waals surface area contributed by atoms with Crippen LogP contribution in [0.15, 0.2) is 16.7 Å². The molecule has 17 heavy (non-hydrogen) atoms. The van der Waals surface area contributed by atoms with Crippen molar-refractivity contribution in [2.24, 2.45) is 0 Å². The predicted molar refractivity (Wildman–Crippen MR) is 68.9 cm³/mol. The molecule has 0 saturated carbocycles. The molecule has 0 aliphatic carbocycles. The molecule has 0 aliphatic heterocycles. The summed E-state index contributed by atoms with van der Waals surface area (Å²) in [5, 5.41) is 3.10. The lowest BCUT2D eigenvalue weighted by molar-refractivity contribution is 0.0626. The van der Waals surface area contributed by atoms with Crippen LogP contribution < -0.4 is 5.32 Å². The van der Waals surface area contributed by atoms with Gasteiger partial charge in [-0.2, -0.15) is 0 Å². The zero-order valence-corrected chi connectivity index (χ0v) is 11.3. The van der Waals surface area contributed by atoms with Gasteiger partial charge in [0.1, 0.15) is 5.76 Å². The van der Waals surface area contributed by atoms with Crippen LogP contribution in [0.5, 0.6) is 0 Å². The number of ether oxygens (including phenoxy) is 1. The van der Waals surface area contributed by atoms with E-state index in [-0.39, 0.29) is 0 Å². The van der Waals surface area contributed by atoms with Crippen LogP contribution >= 0.6 is 0 Å². The molecule has 1 heterocycles. The van der Waals surface area contributed by atoms with Crippen LogP contribution in [0.2, 0.25) is 0 Å². The van der Waals surface area contributed by atoms with Gasteiger partial charge in [0, 0.05) is 18.7 Å². The predicted octanol–water partition coefficient (Wildman–Crippen LogP) is 1.86. The van der Waals surface area contributed by atoms with Crippen LogP contribution in [0.25, 0.3) is 0 Å². The number of nitrogens with zero attached hydrogens (tertiary/aromatic N) is 1. The molecule has 0 amide bonds. The summed E-state index contributed by atoms with van der Waals surface area (Å²) in [6.45, 7) is 7.49. The van der Waals surface area contributed by atoms with E-state index in [0.717, 1.165) is 32.0 Å². The summed E-state index contributed by atoms with van der Waals surface area (Å²) in [6, 6.07) is 2.03. The van der Waals surface area contributed by atoms with Crippen molar-refractivity contribution in [3.8, 4) is 0 Å². The normalized spacial score (nSPS) is 11.6. The molecule has 1 aromatic heterocycles. The number of likely N-dealkylation sites (N-methyl/N-ethyl adjacent to an activating group) is 1. The maximum Gasteiger partial charge on any atom is 0.122 e. The zero-order chi connectivity index (χ0) is 12.7. The molecule has 1 N–H and O–H groups in total. The lowest BCUT2D eigenvalue weighted by Crippen LogP contribution is -2.24. The fraction of sp³-hybridized carbons (Fsp3) is 0.692. The highest BCUT2D eigenvalue weighted by Gasteiger charge is 2.08. The second kappa shape index (κ2) is 7.48. The monoisotopic (exact) mass is 240 g/mol. The molecular formula is C13H24N2O2. The average Bonchev–Trinajstić information content (AvgIpc) is 2.66. The Bertz CT molecular complexity index is 310. The molecule has 0 fully saturated rings. The Labute approximate surface area is 104 Å². The van der Waals surface area contributed by atoms with Gasteiger partial charge in [0.15, 0.2) is 0 Å². The molecule has 1 rings (SSSR count). The number of nitrogens with one attached hydrogen (secondary N) is 1. The summed E-state index contributed by atoms with van der Waals surface area (Å²) in [4.78, 5) is 2.24. The van der Waals surface area contributed by atoms with Crippen molar-refractivity contribution in [3.05, 3.63) is 23.7 Å². The largest absolute Gasteiger partial charge is 0.468 e. The van der Waals surface area contributed by atoms with Gasteiger partial charge in [-0.25, -0.2) is 0 Å². The van der Waals surface area contributed by atoms with Crippen molar-refractivity contribution in [3.63, 3.8) is 0 Å².